The van der Waals surface area contributed by atoms with E-state index in [1.165, 1.54) is 44.9 Å². The van der Waals surface area contributed by atoms with Crippen LogP contribution in [-0.2, 0) is 0 Å². The molecule has 0 radical (unpaired) electrons. The van der Waals surface area contributed by atoms with Crippen LogP contribution in [0.3, 0.4) is 0 Å². The van der Waals surface area contributed by atoms with Gasteiger partial charge in [0.15, 0.2) is 0 Å². The van der Waals surface area contributed by atoms with Crippen molar-refractivity contribution in [3.63, 3.8) is 0 Å². The third-order valence-corrected chi connectivity index (χ3v) is 4.59. The molecule has 3 unspecified atom stereocenters. The summed E-state index contributed by atoms with van der Waals surface area (Å²) in [6.45, 7) is 9.49. The van der Waals surface area contributed by atoms with E-state index in [0.717, 1.165) is 11.8 Å². The summed E-state index contributed by atoms with van der Waals surface area (Å²) in [5.74, 6) is 1.60. The Labute approximate surface area is 102 Å². The zero-order valence-electron chi connectivity index (χ0n) is 11.8. The van der Waals surface area contributed by atoms with Crippen molar-refractivity contribution in [2.45, 2.75) is 78.7 Å². The Morgan fingerprint density at radius 2 is 1.88 bits per heavy atom. The summed E-state index contributed by atoms with van der Waals surface area (Å²) in [4.78, 5) is 0. The van der Waals surface area contributed by atoms with Crippen molar-refractivity contribution in [1.29, 1.82) is 0 Å². The molecule has 1 aliphatic rings. The molecule has 0 spiro atoms. The van der Waals surface area contributed by atoms with E-state index in [9.17, 15) is 0 Å². The molecule has 0 aromatic heterocycles. The van der Waals surface area contributed by atoms with Gasteiger partial charge in [-0.05, 0) is 36.5 Å². The zero-order valence-corrected chi connectivity index (χ0v) is 11.8. The molecule has 0 aliphatic heterocycles. The second-order valence-corrected chi connectivity index (χ2v) is 6.63. The zero-order chi connectivity index (χ0) is 12.2. The smallest absolute Gasteiger partial charge is 0.00747 e. The van der Waals surface area contributed by atoms with Gasteiger partial charge in [-0.25, -0.2) is 0 Å². The van der Waals surface area contributed by atoms with Crippen LogP contribution in [0.25, 0.3) is 0 Å². The minimum Gasteiger partial charge on any atom is -0.327 e. The van der Waals surface area contributed by atoms with Crippen molar-refractivity contribution in [2.75, 3.05) is 0 Å². The molecular formula is C15H31N. The Kier molecular flexibility index (Phi) is 5.30. The first-order valence-electron chi connectivity index (χ1n) is 7.23. The van der Waals surface area contributed by atoms with E-state index in [4.69, 9.17) is 5.73 Å². The van der Waals surface area contributed by atoms with Gasteiger partial charge >= 0.3 is 0 Å². The van der Waals surface area contributed by atoms with Gasteiger partial charge in [-0.15, -0.1) is 0 Å². The lowest BCUT2D eigenvalue weighted by molar-refractivity contribution is 0.102. The van der Waals surface area contributed by atoms with Gasteiger partial charge < -0.3 is 5.73 Å². The monoisotopic (exact) mass is 225 g/mol. The average Bonchev–Trinajstić information content (AvgIpc) is 2.17. The van der Waals surface area contributed by atoms with Gasteiger partial charge in [0.1, 0.15) is 0 Å². The molecule has 2 N–H and O–H groups in total. The van der Waals surface area contributed by atoms with Crippen LogP contribution >= 0.6 is 0 Å². The fourth-order valence-corrected chi connectivity index (χ4v) is 3.41. The summed E-state index contributed by atoms with van der Waals surface area (Å²) in [5, 5.41) is 0. The van der Waals surface area contributed by atoms with E-state index in [0.29, 0.717) is 11.5 Å². The third kappa shape index (κ3) is 3.76. The van der Waals surface area contributed by atoms with E-state index in [-0.39, 0.29) is 0 Å². The molecule has 1 nitrogen and oxygen atoms in total. The minimum absolute atomic E-state index is 0.445. The largest absolute Gasteiger partial charge is 0.327 e. The van der Waals surface area contributed by atoms with Crippen molar-refractivity contribution in [1.82, 2.24) is 0 Å². The topological polar surface area (TPSA) is 26.0 Å². The molecule has 0 amide bonds. The highest BCUT2D eigenvalue weighted by molar-refractivity contribution is 4.90. The fraction of sp³-hybridized carbons (Fsp3) is 1.00. The van der Waals surface area contributed by atoms with Crippen LogP contribution in [0.2, 0.25) is 0 Å². The summed E-state index contributed by atoms with van der Waals surface area (Å²) >= 11 is 0. The van der Waals surface area contributed by atoms with Crippen molar-refractivity contribution in [2.24, 2.45) is 23.0 Å². The number of unbranched alkanes of at least 4 members (excludes halogenated alkanes) is 2. The van der Waals surface area contributed by atoms with Crippen molar-refractivity contribution in [3.05, 3.63) is 0 Å². The van der Waals surface area contributed by atoms with E-state index in [1.54, 1.807) is 0 Å². The fourth-order valence-electron chi connectivity index (χ4n) is 3.41. The number of hydrogen-bond acceptors (Lipinski definition) is 1. The predicted octanol–water partition coefficient (Wildman–Crippen LogP) is 4.36. The van der Waals surface area contributed by atoms with Crippen LogP contribution in [0.15, 0.2) is 0 Å². The van der Waals surface area contributed by atoms with Gasteiger partial charge in [0.2, 0.25) is 0 Å². The minimum atomic E-state index is 0.445. The van der Waals surface area contributed by atoms with Gasteiger partial charge in [0.05, 0.1) is 0 Å². The lowest BCUT2D eigenvalue weighted by atomic mass is 9.65. The van der Waals surface area contributed by atoms with E-state index in [1.807, 2.05) is 0 Å². The van der Waals surface area contributed by atoms with E-state index in [2.05, 4.69) is 27.7 Å². The van der Waals surface area contributed by atoms with Gasteiger partial charge in [-0.2, -0.15) is 0 Å². The number of rotatable bonds is 5. The van der Waals surface area contributed by atoms with Crippen LogP contribution in [0.1, 0.15) is 72.6 Å². The van der Waals surface area contributed by atoms with Crippen LogP contribution in [0, 0.1) is 17.3 Å². The normalized spacial score (nSPS) is 31.7. The molecule has 1 saturated carbocycles. The standard InChI is InChI=1S/C15H31N/c1-5-6-7-10-15(3,4)13-9-8-12(2)11-14(13)16/h12-14H,5-11,16H2,1-4H3. The van der Waals surface area contributed by atoms with Crippen LogP contribution in [0.5, 0.6) is 0 Å². The molecule has 3 atom stereocenters. The lowest BCUT2D eigenvalue weighted by Gasteiger charge is -2.43. The Bertz CT molecular complexity index is 198. The third-order valence-electron chi connectivity index (χ3n) is 4.59. The van der Waals surface area contributed by atoms with Gasteiger partial charge in [-0.3, -0.25) is 0 Å². The first-order chi connectivity index (χ1) is 7.47. The highest BCUT2D eigenvalue weighted by Crippen LogP contribution is 2.42. The maximum atomic E-state index is 6.36. The quantitative estimate of drug-likeness (QED) is 0.691. The molecule has 96 valence electrons. The van der Waals surface area contributed by atoms with Crippen molar-refractivity contribution < 1.29 is 0 Å². The van der Waals surface area contributed by atoms with Crippen LogP contribution in [-0.4, -0.2) is 6.04 Å². The van der Waals surface area contributed by atoms with Gasteiger partial charge in [0, 0.05) is 6.04 Å². The molecule has 1 fully saturated rings. The summed E-state index contributed by atoms with van der Waals surface area (Å²) in [6.07, 6.45) is 9.40. The molecule has 1 aliphatic carbocycles. The first-order valence-corrected chi connectivity index (χ1v) is 7.23. The Morgan fingerprint density at radius 3 is 2.44 bits per heavy atom. The highest BCUT2D eigenvalue weighted by Gasteiger charge is 2.36. The molecule has 0 bridgehead atoms. The lowest BCUT2D eigenvalue weighted by Crippen LogP contribution is -2.43. The second-order valence-electron chi connectivity index (χ2n) is 6.63. The predicted molar refractivity (Wildman–Crippen MR) is 72.4 cm³/mol. The Morgan fingerprint density at radius 1 is 1.19 bits per heavy atom. The van der Waals surface area contributed by atoms with Crippen LogP contribution in [0.4, 0.5) is 0 Å². The molecule has 0 aromatic carbocycles. The maximum absolute atomic E-state index is 6.36. The van der Waals surface area contributed by atoms with Gasteiger partial charge in [-0.1, -0.05) is 53.4 Å². The number of hydrogen-bond donors (Lipinski definition) is 1. The van der Waals surface area contributed by atoms with Crippen molar-refractivity contribution >= 4 is 0 Å². The summed E-state index contributed by atoms with van der Waals surface area (Å²) < 4.78 is 0. The van der Waals surface area contributed by atoms with E-state index >= 15 is 0 Å². The second kappa shape index (κ2) is 6.05. The number of nitrogens with two attached hydrogens (primary N) is 1. The molecule has 16 heavy (non-hydrogen) atoms. The van der Waals surface area contributed by atoms with Crippen LogP contribution < -0.4 is 5.73 Å². The first kappa shape index (κ1) is 14.0. The molecule has 0 aromatic rings. The summed E-state index contributed by atoms with van der Waals surface area (Å²) in [7, 11) is 0. The Balaban J connectivity index is 2.47. The van der Waals surface area contributed by atoms with E-state index < -0.39 is 0 Å². The highest BCUT2D eigenvalue weighted by atomic mass is 14.7. The molecular weight excluding hydrogens is 194 g/mol. The molecule has 1 heteroatoms. The molecule has 0 saturated heterocycles. The molecule has 0 heterocycles. The van der Waals surface area contributed by atoms with Gasteiger partial charge in [0.25, 0.3) is 0 Å². The summed E-state index contributed by atoms with van der Waals surface area (Å²) in [5.41, 5.74) is 6.81. The Hall–Kier alpha value is -0.0400. The maximum Gasteiger partial charge on any atom is 0.00747 e. The summed E-state index contributed by atoms with van der Waals surface area (Å²) in [6, 6.07) is 0.445. The molecule has 1 rings (SSSR count). The van der Waals surface area contributed by atoms with Crippen molar-refractivity contribution in [3.8, 4) is 0 Å². The average molecular weight is 225 g/mol. The SMILES string of the molecule is CCCCCC(C)(C)C1CCC(C)CC1N.